The number of rotatable bonds is 7. The maximum atomic E-state index is 11.8. The summed E-state index contributed by atoms with van der Waals surface area (Å²) in [4.78, 5) is 2.19. The molecule has 1 rings (SSSR count). The van der Waals surface area contributed by atoms with Crippen molar-refractivity contribution in [3.63, 3.8) is 0 Å². The standard InChI is InChI=1S/C10H23N3O2S2/c1-10(9-16-2)12-17(14,15)8-7-13-5-3-11-4-6-13/h10-12H,3-9H2,1-2H3. The molecule has 2 N–H and O–H groups in total. The van der Waals surface area contributed by atoms with Crippen LogP contribution in [-0.4, -0.2) is 69.8 Å². The average Bonchev–Trinajstić information content (AvgIpc) is 2.27. The van der Waals surface area contributed by atoms with Gasteiger partial charge in [0, 0.05) is 44.5 Å². The van der Waals surface area contributed by atoms with Crippen molar-refractivity contribution < 1.29 is 8.42 Å². The Kier molecular flexibility index (Phi) is 6.79. The fourth-order valence-electron chi connectivity index (χ4n) is 1.83. The maximum absolute atomic E-state index is 11.8. The second-order valence-corrected chi connectivity index (χ2v) is 7.17. The molecular weight excluding hydrogens is 258 g/mol. The monoisotopic (exact) mass is 281 g/mol. The molecule has 5 nitrogen and oxygen atoms in total. The molecule has 1 heterocycles. The van der Waals surface area contributed by atoms with E-state index in [1.807, 2.05) is 13.2 Å². The van der Waals surface area contributed by atoms with Gasteiger partial charge < -0.3 is 5.32 Å². The minimum absolute atomic E-state index is 0.0121. The molecule has 1 fully saturated rings. The molecule has 1 unspecified atom stereocenters. The second kappa shape index (κ2) is 7.58. The van der Waals surface area contributed by atoms with Crippen LogP contribution in [0.25, 0.3) is 0 Å². The van der Waals surface area contributed by atoms with Gasteiger partial charge in [0.25, 0.3) is 0 Å². The summed E-state index contributed by atoms with van der Waals surface area (Å²) in [7, 11) is -3.13. The van der Waals surface area contributed by atoms with Crippen LogP contribution in [0.3, 0.4) is 0 Å². The van der Waals surface area contributed by atoms with E-state index < -0.39 is 10.0 Å². The van der Waals surface area contributed by atoms with Crippen LogP contribution in [-0.2, 0) is 10.0 Å². The molecule has 0 saturated carbocycles. The van der Waals surface area contributed by atoms with Crippen molar-refractivity contribution >= 4 is 21.8 Å². The minimum atomic E-state index is -3.13. The molecule has 1 aliphatic heterocycles. The smallest absolute Gasteiger partial charge is 0.213 e. The molecule has 0 radical (unpaired) electrons. The van der Waals surface area contributed by atoms with Crippen LogP contribution in [0.5, 0.6) is 0 Å². The predicted molar refractivity (Wildman–Crippen MR) is 74.1 cm³/mol. The molecule has 0 aromatic carbocycles. The Morgan fingerprint density at radius 3 is 2.65 bits per heavy atom. The molecule has 1 aliphatic rings. The van der Waals surface area contributed by atoms with Crippen LogP contribution in [0, 0.1) is 0 Å². The van der Waals surface area contributed by atoms with Gasteiger partial charge in [-0.25, -0.2) is 13.1 Å². The van der Waals surface area contributed by atoms with Gasteiger partial charge in [-0.3, -0.25) is 4.90 Å². The Labute approximate surface area is 109 Å². The highest BCUT2D eigenvalue weighted by Crippen LogP contribution is 2.00. The first-order valence-corrected chi connectivity index (χ1v) is 9.00. The fraction of sp³-hybridized carbons (Fsp3) is 1.00. The van der Waals surface area contributed by atoms with Gasteiger partial charge in [0.15, 0.2) is 0 Å². The number of sulfonamides is 1. The van der Waals surface area contributed by atoms with Gasteiger partial charge >= 0.3 is 0 Å². The SMILES string of the molecule is CSCC(C)NS(=O)(=O)CCN1CCNCC1. The number of hydrogen-bond acceptors (Lipinski definition) is 5. The third-order valence-electron chi connectivity index (χ3n) is 2.68. The van der Waals surface area contributed by atoms with Gasteiger partial charge in [0.1, 0.15) is 0 Å². The van der Waals surface area contributed by atoms with E-state index in [9.17, 15) is 8.42 Å². The quantitative estimate of drug-likeness (QED) is 0.663. The number of piperazine rings is 1. The summed E-state index contributed by atoms with van der Waals surface area (Å²) < 4.78 is 26.3. The van der Waals surface area contributed by atoms with Gasteiger partial charge in [-0.05, 0) is 13.2 Å². The lowest BCUT2D eigenvalue weighted by atomic mass is 10.4. The van der Waals surface area contributed by atoms with Gasteiger partial charge in [0.2, 0.25) is 10.0 Å². The van der Waals surface area contributed by atoms with E-state index in [0.29, 0.717) is 6.54 Å². The summed E-state index contributed by atoms with van der Waals surface area (Å²) in [6, 6.07) is 0.0121. The Morgan fingerprint density at radius 2 is 2.06 bits per heavy atom. The van der Waals surface area contributed by atoms with E-state index in [1.54, 1.807) is 11.8 Å². The van der Waals surface area contributed by atoms with Crippen LogP contribution < -0.4 is 10.0 Å². The van der Waals surface area contributed by atoms with Gasteiger partial charge in [-0.2, -0.15) is 11.8 Å². The van der Waals surface area contributed by atoms with Crippen molar-refractivity contribution in [2.45, 2.75) is 13.0 Å². The lowest BCUT2D eigenvalue weighted by Gasteiger charge is -2.27. The Morgan fingerprint density at radius 1 is 1.41 bits per heavy atom. The zero-order valence-electron chi connectivity index (χ0n) is 10.6. The van der Waals surface area contributed by atoms with Crippen LogP contribution in [0.15, 0.2) is 0 Å². The largest absolute Gasteiger partial charge is 0.314 e. The molecular formula is C10H23N3O2S2. The zero-order valence-corrected chi connectivity index (χ0v) is 12.2. The summed E-state index contributed by atoms with van der Waals surface area (Å²) in [5.74, 6) is 1.01. The fourth-order valence-corrected chi connectivity index (χ4v) is 3.84. The lowest BCUT2D eigenvalue weighted by Crippen LogP contribution is -2.46. The highest BCUT2D eigenvalue weighted by molar-refractivity contribution is 7.98. The van der Waals surface area contributed by atoms with E-state index in [2.05, 4.69) is 14.9 Å². The van der Waals surface area contributed by atoms with E-state index in [4.69, 9.17) is 0 Å². The molecule has 1 saturated heterocycles. The van der Waals surface area contributed by atoms with Gasteiger partial charge in [0.05, 0.1) is 5.75 Å². The number of nitrogens with one attached hydrogen (secondary N) is 2. The second-order valence-electron chi connectivity index (χ2n) is 4.38. The summed E-state index contributed by atoms with van der Waals surface area (Å²) in [6.45, 7) is 6.32. The summed E-state index contributed by atoms with van der Waals surface area (Å²) >= 11 is 1.65. The first kappa shape index (κ1) is 15.2. The predicted octanol–water partition coefficient (Wildman–Crippen LogP) is -0.437. The van der Waals surface area contributed by atoms with Crippen molar-refractivity contribution in [3.05, 3.63) is 0 Å². The molecule has 17 heavy (non-hydrogen) atoms. The van der Waals surface area contributed by atoms with Crippen molar-refractivity contribution in [1.29, 1.82) is 0 Å². The van der Waals surface area contributed by atoms with Crippen LogP contribution in [0.1, 0.15) is 6.92 Å². The molecule has 1 atom stereocenters. The summed E-state index contributed by atoms with van der Waals surface area (Å²) in [6.07, 6.45) is 1.98. The first-order valence-electron chi connectivity index (χ1n) is 5.95. The van der Waals surface area contributed by atoms with Gasteiger partial charge in [-0.1, -0.05) is 0 Å². The third kappa shape index (κ3) is 6.61. The zero-order chi connectivity index (χ0) is 12.7. The molecule has 0 aromatic heterocycles. The number of thioether (sulfide) groups is 1. The third-order valence-corrected chi connectivity index (χ3v) is 5.00. The maximum Gasteiger partial charge on any atom is 0.213 e. The highest BCUT2D eigenvalue weighted by atomic mass is 32.2. The van der Waals surface area contributed by atoms with Crippen molar-refractivity contribution in [2.75, 3.05) is 50.5 Å². The molecule has 0 aliphatic carbocycles. The number of nitrogens with zero attached hydrogens (tertiary/aromatic N) is 1. The Bertz CT molecular complexity index is 303. The average molecular weight is 281 g/mol. The topological polar surface area (TPSA) is 61.4 Å². The van der Waals surface area contributed by atoms with Crippen LogP contribution >= 0.6 is 11.8 Å². The molecule has 102 valence electrons. The van der Waals surface area contributed by atoms with Crippen molar-refractivity contribution in [1.82, 2.24) is 14.9 Å². The first-order chi connectivity index (χ1) is 8.03. The Hall–Kier alpha value is 0.180. The van der Waals surface area contributed by atoms with E-state index in [-0.39, 0.29) is 11.8 Å². The molecule has 0 aromatic rings. The highest BCUT2D eigenvalue weighted by Gasteiger charge is 2.17. The van der Waals surface area contributed by atoms with E-state index in [1.165, 1.54) is 0 Å². The Balaban J connectivity index is 2.28. The molecule has 7 heteroatoms. The summed E-state index contributed by atoms with van der Waals surface area (Å²) in [5.41, 5.74) is 0. The van der Waals surface area contributed by atoms with Crippen molar-refractivity contribution in [3.8, 4) is 0 Å². The van der Waals surface area contributed by atoms with Crippen molar-refractivity contribution in [2.24, 2.45) is 0 Å². The van der Waals surface area contributed by atoms with Gasteiger partial charge in [-0.15, -0.1) is 0 Å². The van der Waals surface area contributed by atoms with Crippen LogP contribution in [0.4, 0.5) is 0 Å². The lowest BCUT2D eigenvalue weighted by molar-refractivity contribution is 0.253. The minimum Gasteiger partial charge on any atom is -0.314 e. The van der Waals surface area contributed by atoms with E-state index in [0.717, 1.165) is 31.9 Å². The summed E-state index contributed by atoms with van der Waals surface area (Å²) in [5, 5.41) is 3.25. The molecule has 0 amide bonds. The van der Waals surface area contributed by atoms with E-state index >= 15 is 0 Å². The molecule has 0 bridgehead atoms. The number of hydrogen-bond donors (Lipinski definition) is 2. The van der Waals surface area contributed by atoms with Crippen LogP contribution in [0.2, 0.25) is 0 Å². The normalized spacial score (nSPS) is 20.4. The molecule has 0 spiro atoms.